The second kappa shape index (κ2) is 5.80. The second-order valence-corrected chi connectivity index (χ2v) is 7.00. The highest BCUT2D eigenvalue weighted by Gasteiger charge is 2.21. The van der Waals surface area contributed by atoms with E-state index >= 15 is 0 Å². The van der Waals surface area contributed by atoms with Gasteiger partial charge in [0.25, 0.3) is 0 Å². The summed E-state index contributed by atoms with van der Waals surface area (Å²) in [6.45, 7) is 1.58. The van der Waals surface area contributed by atoms with Gasteiger partial charge in [0.15, 0.2) is 9.84 Å². The molecule has 5 heteroatoms. The van der Waals surface area contributed by atoms with Gasteiger partial charge in [-0.2, -0.15) is 0 Å². The minimum absolute atomic E-state index is 0.0250. The first kappa shape index (κ1) is 13.7. The van der Waals surface area contributed by atoms with Crippen LogP contribution in [0.3, 0.4) is 0 Å². The molecule has 0 aliphatic rings. The van der Waals surface area contributed by atoms with Gasteiger partial charge in [0.2, 0.25) is 0 Å². The lowest BCUT2D eigenvalue weighted by atomic mass is 10.2. The first-order valence-electron chi connectivity index (χ1n) is 5.05. The van der Waals surface area contributed by atoms with Gasteiger partial charge in [-0.15, -0.1) is 0 Å². The van der Waals surface area contributed by atoms with Gasteiger partial charge < -0.3 is 5.11 Å². The molecule has 0 unspecified atom stereocenters. The van der Waals surface area contributed by atoms with Crippen LogP contribution in [0.15, 0.2) is 28.7 Å². The minimum Gasteiger partial charge on any atom is -0.396 e. The molecule has 90 valence electrons. The Labute approximate surface area is 105 Å². The van der Waals surface area contributed by atoms with E-state index in [4.69, 9.17) is 5.11 Å². The highest BCUT2D eigenvalue weighted by Crippen LogP contribution is 2.25. The van der Waals surface area contributed by atoms with Gasteiger partial charge in [-0.1, -0.05) is 28.1 Å². The fourth-order valence-corrected chi connectivity index (χ4v) is 3.27. The SMILES string of the molecule is C[C@@H](c1cccc(Br)c1)S(=O)(=O)CCCO. The number of benzene rings is 1. The standard InChI is InChI=1S/C11H15BrO3S/c1-9(16(14,15)7-3-6-13)10-4-2-5-11(12)8-10/h2,4-5,8-9,13H,3,6-7H2,1H3/t9-/m0/s1. The zero-order chi connectivity index (χ0) is 12.2. The number of hydrogen-bond donors (Lipinski definition) is 1. The summed E-state index contributed by atoms with van der Waals surface area (Å²) in [7, 11) is -3.17. The van der Waals surface area contributed by atoms with Gasteiger partial charge in [0.05, 0.1) is 11.0 Å². The van der Waals surface area contributed by atoms with Crippen molar-refractivity contribution in [2.24, 2.45) is 0 Å². The highest BCUT2D eigenvalue weighted by molar-refractivity contribution is 9.10. The Morgan fingerprint density at radius 1 is 1.44 bits per heavy atom. The van der Waals surface area contributed by atoms with E-state index in [9.17, 15) is 8.42 Å². The van der Waals surface area contributed by atoms with E-state index in [0.29, 0.717) is 6.42 Å². The molecule has 16 heavy (non-hydrogen) atoms. The number of hydrogen-bond acceptors (Lipinski definition) is 3. The first-order chi connectivity index (χ1) is 7.47. The average molecular weight is 307 g/mol. The summed E-state index contributed by atoms with van der Waals surface area (Å²) in [6, 6.07) is 7.28. The summed E-state index contributed by atoms with van der Waals surface area (Å²) in [5, 5.41) is 8.12. The number of sulfone groups is 1. The van der Waals surface area contributed by atoms with Crippen LogP contribution in [-0.2, 0) is 9.84 Å². The molecule has 0 aliphatic carbocycles. The van der Waals surface area contributed by atoms with Crippen molar-refractivity contribution in [2.75, 3.05) is 12.4 Å². The average Bonchev–Trinajstić information content (AvgIpc) is 2.25. The molecule has 0 saturated heterocycles. The van der Waals surface area contributed by atoms with E-state index < -0.39 is 15.1 Å². The number of aliphatic hydroxyl groups is 1. The minimum atomic E-state index is -3.17. The maximum atomic E-state index is 11.9. The summed E-state index contributed by atoms with van der Waals surface area (Å²) in [6.07, 6.45) is 0.292. The predicted octanol–water partition coefficient (Wildman–Crippen LogP) is 2.31. The smallest absolute Gasteiger partial charge is 0.157 e. The Hall–Kier alpha value is -0.390. The zero-order valence-corrected chi connectivity index (χ0v) is 11.5. The summed E-state index contributed by atoms with van der Waals surface area (Å²) >= 11 is 3.32. The summed E-state index contributed by atoms with van der Waals surface area (Å²) < 4.78 is 24.6. The predicted molar refractivity (Wildman–Crippen MR) is 68.0 cm³/mol. The molecule has 0 spiro atoms. The van der Waals surface area contributed by atoms with Crippen LogP contribution in [0, 0.1) is 0 Å². The lowest BCUT2D eigenvalue weighted by molar-refractivity contribution is 0.295. The van der Waals surface area contributed by atoms with Crippen molar-refractivity contribution in [3.8, 4) is 0 Å². The largest absolute Gasteiger partial charge is 0.396 e. The van der Waals surface area contributed by atoms with E-state index in [2.05, 4.69) is 15.9 Å². The Bertz CT molecular complexity index is 442. The quantitative estimate of drug-likeness (QED) is 0.908. The fourth-order valence-electron chi connectivity index (χ4n) is 1.41. The maximum Gasteiger partial charge on any atom is 0.157 e. The number of rotatable bonds is 5. The molecule has 0 saturated carbocycles. The Morgan fingerprint density at radius 3 is 2.69 bits per heavy atom. The molecule has 3 nitrogen and oxygen atoms in total. The van der Waals surface area contributed by atoms with Crippen molar-refractivity contribution in [2.45, 2.75) is 18.6 Å². The van der Waals surface area contributed by atoms with Crippen molar-refractivity contribution in [1.82, 2.24) is 0 Å². The monoisotopic (exact) mass is 306 g/mol. The highest BCUT2D eigenvalue weighted by atomic mass is 79.9. The molecule has 1 aromatic carbocycles. The van der Waals surface area contributed by atoms with Crippen molar-refractivity contribution >= 4 is 25.8 Å². The fraction of sp³-hybridized carbons (Fsp3) is 0.455. The first-order valence-corrected chi connectivity index (χ1v) is 7.56. The van der Waals surface area contributed by atoms with Gasteiger partial charge in [0.1, 0.15) is 0 Å². The van der Waals surface area contributed by atoms with Crippen molar-refractivity contribution < 1.29 is 13.5 Å². The summed E-state index contributed by atoms with van der Waals surface area (Å²) in [5.74, 6) is 0.0250. The van der Waals surface area contributed by atoms with Crippen molar-refractivity contribution in [1.29, 1.82) is 0 Å². The van der Waals surface area contributed by atoms with Gasteiger partial charge in [-0.3, -0.25) is 0 Å². The lowest BCUT2D eigenvalue weighted by Gasteiger charge is -2.13. The lowest BCUT2D eigenvalue weighted by Crippen LogP contribution is -2.15. The Balaban J connectivity index is 2.89. The third-order valence-corrected chi connectivity index (χ3v) is 5.14. The van der Waals surface area contributed by atoms with Gasteiger partial charge in [-0.05, 0) is 31.0 Å². The van der Waals surface area contributed by atoms with Crippen LogP contribution in [0.4, 0.5) is 0 Å². The molecule has 0 heterocycles. The molecule has 0 radical (unpaired) electrons. The second-order valence-electron chi connectivity index (χ2n) is 3.64. The maximum absolute atomic E-state index is 11.9. The topological polar surface area (TPSA) is 54.4 Å². The summed E-state index contributed by atoms with van der Waals surface area (Å²) in [5.41, 5.74) is 0.771. The third-order valence-electron chi connectivity index (χ3n) is 2.44. The molecule has 1 aromatic rings. The molecule has 0 bridgehead atoms. The molecule has 0 fully saturated rings. The molecule has 1 rings (SSSR count). The van der Waals surface area contributed by atoms with Gasteiger partial charge in [0, 0.05) is 11.1 Å². The van der Waals surface area contributed by atoms with Crippen LogP contribution < -0.4 is 0 Å². The molecular weight excluding hydrogens is 292 g/mol. The molecule has 1 N–H and O–H groups in total. The van der Waals surface area contributed by atoms with Crippen LogP contribution in [-0.4, -0.2) is 25.9 Å². The molecule has 1 atom stereocenters. The molecule has 0 amide bonds. The van der Waals surface area contributed by atoms with E-state index in [1.807, 2.05) is 12.1 Å². The van der Waals surface area contributed by atoms with Crippen LogP contribution in [0.1, 0.15) is 24.2 Å². The van der Waals surface area contributed by atoms with Gasteiger partial charge >= 0.3 is 0 Å². The van der Waals surface area contributed by atoms with Crippen LogP contribution in [0.5, 0.6) is 0 Å². The van der Waals surface area contributed by atoms with Crippen LogP contribution in [0.25, 0.3) is 0 Å². The number of halogens is 1. The normalized spacial score (nSPS) is 13.7. The zero-order valence-electron chi connectivity index (χ0n) is 9.06. The van der Waals surface area contributed by atoms with E-state index in [0.717, 1.165) is 10.0 Å². The van der Waals surface area contributed by atoms with Crippen LogP contribution >= 0.6 is 15.9 Å². The van der Waals surface area contributed by atoms with E-state index in [1.165, 1.54) is 0 Å². The Morgan fingerprint density at radius 2 is 2.12 bits per heavy atom. The molecule has 0 aliphatic heterocycles. The van der Waals surface area contributed by atoms with Crippen molar-refractivity contribution in [3.05, 3.63) is 34.3 Å². The third kappa shape index (κ3) is 3.57. The Kier molecular flexibility index (Phi) is 4.95. The van der Waals surface area contributed by atoms with E-state index in [-0.39, 0.29) is 12.4 Å². The van der Waals surface area contributed by atoms with Gasteiger partial charge in [-0.25, -0.2) is 8.42 Å². The van der Waals surface area contributed by atoms with E-state index in [1.54, 1.807) is 19.1 Å². The van der Waals surface area contributed by atoms with Crippen molar-refractivity contribution in [3.63, 3.8) is 0 Å². The van der Waals surface area contributed by atoms with Crippen LogP contribution in [0.2, 0.25) is 0 Å². The number of aliphatic hydroxyl groups excluding tert-OH is 1. The molecule has 0 aromatic heterocycles. The molecular formula is C11H15BrO3S. The summed E-state index contributed by atoms with van der Waals surface area (Å²) in [4.78, 5) is 0.